The van der Waals surface area contributed by atoms with Crippen LogP contribution in [0, 0.1) is 11.3 Å². The number of nitrogens with zero attached hydrogens (tertiary/aromatic N) is 3. The van der Waals surface area contributed by atoms with E-state index in [-0.39, 0.29) is 23.3 Å². The molecule has 0 spiro atoms. The lowest BCUT2D eigenvalue weighted by Crippen LogP contribution is -2.20. The molecule has 0 aliphatic heterocycles. The van der Waals surface area contributed by atoms with Crippen molar-refractivity contribution in [3.8, 4) is 17.4 Å². The molecule has 0 aliphatic rings. The van der Waals surface area contributed by atoms with Gasteiger partial charge in [0.15, 0.2) is 5.82 Å². The molecule has 2 aromatic rings. The highest BCUT2D eigenvalue weighted by Crippen LogP contribution is 2.29. The number of benzene rings is 1. The van der Waals surface area contributed by atoms with Gasteiger partial charge < -0.3 is 4.74 Å². The summed E-state index contributed by atoms with van der Waals surface area (Å²) in [4.78, 5) is 17.3. The Morgan fingerprint density at radius 3 is 2.62 bits per heavy atom. The molecule has 5 nitrogen and oxygen atoms in total. The molecule has 142 valence electrons. The van der Waals surface area contributed by atoms with Crippen LogP contribution in [0.4, 0.5) is 0 Å². The smallest absolute Gasteiger partial charge is 0.336 e. The molecule has 0 amide bonds. The normalized spacial score (nSPS) is 12.8. The van der Waals surface area contributed by atoms with Crippen molar-refractivity contribution in [1.82, 2.24) is 14.8 Å². The summed E-state index contributed by atoms with van der Waals surface area (Å²) in [7, 11) is 0. The van der Waals surface area contributed by atoms with E-state index in [0.717, 1.165) is 12.8 Å². The molecule has 0 saturated heterocycles. The maximum absolute atomic E-state index is 12.9. The van der Waals surface area contributed by atoms with Gasteiger partial charge in [0, 0.05) is 12.0 Å². The fourth-order valence-corrected chi connectivity index (χ4v) is 3.26. The zero-order chi connectivity index (χ0) is 19.3. The first kappa shape index (κ1) is 20.4. The maximum atomic E-state index is 12.9. The van der Waals surface area contributed by atoms with E-state index >= 15 is 0 Å². The highest BCUT2D eigenvalue weighted by Gasteiger charge is 2.23. The summed E-state index contributed by atoms with van der Waals surface area (Å²) in [5, 5.41) is 4.82. The highest BCUT2D eigenvalue weighted by molar-refractivity contribution is 6.33. The Morgan fingerprint density at radius 2 is 2.00 bits per heavy atom. The number of rotatable bonds is 7. The van der Waals surface area contributed by atoms with Gasteiger partial charge in [0.05, 0.1) is 11.6 Å². The van der Waals surface area contributed by atoms with Gasteiger partial charge in [-0.1, -0.05) is 58.4 Å². The summed E-state index contributed by atoms with van der Waals surface area (Å²) < 4.78 is 6.87. The minimum absolute atomic E-state index is 0.101. The molecule has 1 heterocycles. The molecule has 0 radical (unpaired) electrons. The molecule has 0 saturated carbocycles. The number of ether oxygens (including phenoxy) is 1. The third kappa shape index (κ3) is 5.56. The van der Waals surface area contributed by atoms with Crippen LogP contribution in [0.2, 0.25) is 5.02 Å². The summed E-state index contributed by atoms with van der Waals surface area (Å²) in [5.41, 5.74) is 0.841. The van der Waals surface area contributed by atoms with E-state index in [9.17, 15) is 4.79 Å². The number of carbonyl (C=O) groups excluding carboxylic acids is 1. The zero-order valence-corrected chi connectivity index (χ0v) is 17.0. The van der Waals surface area contributed by atoms with Gasteiger partial charge >= 0.3 is 6.01 Å². The summed E-state index contributed by atoms with van der Waals surface area (Å²) in [5.74, 6) is 0.566. The molecule has 2 rings (SSSR count). The number of carbonyl (C=O) groups is 1. The third-order valence-electron chi connectivity index (χ3n) is 3.86. The van der Waals surface area contributed by atoms with Gasteiger partial charge in [-0.15, -0.1) is 5.10 Å². The van der Waals surface area contributed by atoms with E-state index in [2.05, 4.69) is 37.8 Å². The summed E-state index contributed by atoms with van der Waals surface area (Å²) >= 11 is 6.31. The predicted octanol–water partition coefficient (Wildman–Crippen LogP) is 5.49. The Morgan fingerprint density at radius 1 is 1.31 bits per heavy atom. The second-order valence-electron chi connectivity index (χ2n) is 7.93. The molecular formula is C20H28ClN3O2. The topological polar surface area (TPSA) is 57.0 Å². The van der Waals surface area contributed by atoms with Crippen molar-refractivity contribution in [2.24, 2.45) is 11.3 Å². The molecule has 6 heteroatoms. The van der Waals surface area contributed by atoms with E-state index in [0.29, 0.717) is 29.4 Å². The van der Waals surface area contributed by atoms with E-state index in [4.69, 9.17) is 16.3 Å². The Labute approximate surface area is 160 Å². The Hall–Kier alpha value is -1.88. The number of aromatic nitrogens is 3. The molecule has 1 aromatic heterocycles. The van der Waals surface area contributed by atoms with Gasteiger partial charge in [0.2, 0.25) is 5.91 Å². The largest absolute Gasteiger partial charge is 0.462 e. The van der Waals surface area contributed by atoms with Crippen molar-refractivity contribution in [1.29, 1.82) is 0 Å². The van der Waals surface area contributed by atoms with Crippen LogP contribution in [0.15, 0.2) is 24.3 Å². The lowest BCUT2D eigenvalue weighted by molar-refractivity contribution is 0.0856. The van der Waals surface area contributed by atoms with Gasteiger partial charge in [-0.3, -0.25) is 4.79 Å². The van der Waals surface area contributed by atoms with Gasteiger partial charge in [-0.05, 0) is 36.3 Å². The van der Waals surface area contributed by atoms with E-state index in [1.807, 2.05) is 25.1 Å². The van der Waals surface area contributed by atoms with Gasteiger partial charge in [-0.2, -0.15) is 9.67 Å². The average Bonchev–Trinajstić information content (AvgIpc) is 2.95. The first-order valence-electron chi connectivity index (χ1n) is 9.09. The first-order chi connectivity index (χ1) is 12.2. The van der Waals surface area contributed by atoms with Crippen molar-refractivity contribution >= 4 is 17.5 Å². The molecular weight excluding hydrogens is 350 g/mol. The lowest BCUT2D eigenvalue weighted by Gasteiger charge is -2.22. The average molecular weight is 378 g/mol. The molecule has 0 bridgehead atoms. The minimum Gasteiger partial charge on any atom is -0.462 e. The quantitative estimate of drug-likeness (QED) is 0.640. The molecule has 0 aliphatic carbocycles. The predicted molar refractivity (Wildman–Crippen MR) is 105 cm³/mol. The van der Waals surface area contributed by atoms with Crippen LogP contribution in [-0.2, 0) is 0 Å². The monoisotopic (exact) mass is 377 g/mol. The SMILES string of the molecule is CCCOc1nc(-c2ccccc2Cl)n(C(=O)CC(C)CC(C)(C)C)n1. The minimum atomic E-state index is -0.101. The van der Waals surface area contributed by atoms with Gasteiger partial charge in [0.1, 0.15) is 0 Å². The van der Waals surface area contributed by atoms with E-state index in [1.165, 1.54) is 4.68 Å². The van der Waals surface area contributed by atoms with Crippen molar-refractivity contribution in [3.05, 3.63) is 29.3 Å². The number of hydrogen-bond donors (Lipinski definition) is 0. The van der Waals surface area contributed by atoms with Crippen LogP contribution in [0.3, 0.4) is 0 Å². The summed E-state index contributed by atoms with van der Waals surface area (Å²) in [6.07, 6.45) is 2.19. The second-order valence-corrected chi connectivity index (χ2v) is 8.33. The molecule has 1 aromatic carbocycles. The van der Waals surface area contributed by atoms with E-state index in [1.54, 1.807) is 6.07 Å². The molecule has 1 atom stereocenters. The van der Waals surface area contributed by atoms with Crippen LogP contribution in [0.5, 0.6) is 6.01 Å². The van der Waals surface area contributed by atoms with Crippen molar-refractivity contribution in [2.45, 2.75) is 53.9 Å². The van der Waals surface area contributed by atoms with Crippen LogP contribution in [-0.4, -0.2) is 27.3 Å². The fraction of sp³-hybridized carbons (Fsp3) is 0.550. The second kappa shape index (κ2) is 8.67. The van der Waals surface area contributed by atoms with Crippen LogP contribution in [0.25, 0.3) is 11.4 Å². The fourth-order valence-electron chi connectivity index (χ4n) is 3.04. The lowest BCUT2D eigenvalue weighted by atomic mass is 9.84. The number of hydrogen-bond acceptors (Lipinski definition) is 4. The Bertz CT molecular complexity index is 750. The van der Waals surface area contributed by atoms with Crippen molar-refractivity contribution < 1.29 is 9.53 Å². The zero-order valence-electron chi connectivity index (χ0n) is 16.3. The van der Waals surface area contributed by atoms with Crippen LogP contribution < -0.4 is 4.74 Å². The van der Waals surface area contributed by atoms with Gasteiger partial charge in [0.25, 0.3) is 0 Å². The molecule has 1 unspecified atom stereocenters. The van der Waals surface area contributed by atoms with Gasteiger partial charge in [-0.25, -0.2) is 0 Å². The molecule has 0 N–H and O–H groups in total. The number of halogens is 1. The van der Waals surface area contributed by atoms with Crippen LogP contribution >= 0.6 is 11.6 Å². The third-order valence-corrected chi connectivity index (χ3v) is 4.19. The molecule has 26 heavy (non-hydrogen) atoms. The van der Waals surface area contributed by atoms with Crippen molar-refractivity contribution in [2.75, 3.05) is 6.61 Å². The summed E-state index contributed by atoms with van der Waals surface area (Å²) in [6.45, 7) is 11.1. The van der Waals surface area contributed by atoms with Crippen molar-refractivity contribution in [3.63, 3.8) is 0 Å². The Kier molecular flexibility index (Phi) is 6.81. The van der Waals surface area contributed by atoms with Crippen LogP contribution in [0.1, 0.15) is 58.7 Å². The summed E-state index contributed by atoms with van der Waals surface area (Å²) in [6, 6.07) is 7.51. The Balaban J connectivity index is 2.32. The standard InChI is InChI=1S/C20H28ClN3O2/c1-6-11-26-19-22-18(15-9-7-8-10-16(15)21)24(23-19)17(25)12-14(2)13-20(3,4)5/h7-10,14H,6,11-13H2,1-5H3. The molecule has 0 fully saturated rings. The first-order valence-corrected chi connectivity index (χ1v) is 9.47. The maximum Gasteiger partial charge on any atom is 0.336 e. The highest BCUT2D eigenvalue weighted by atomic mass is 35.5. The van der Waals surface area contributed by atoms with E-state index < -0.39 is 0 Å².